The van der Waals surface area contributed by atoms with Crippen LogP contribution in [-0.2, 0) is 6.54 Å². The maximum Gasteiger partial charge on any atom is 0.309 e. The van der Waals surface area contributed by atoms with Gasteiger partial charge in [-0.2, -0.15) is 0 Å². The van der Waals surface area contributed by atoms with Gasteiger partial charge >= 0.3 is 11.8 Å². The van der Waals surface area contributed by atoms with Gasteiger partial charge in [-0.15, -0.1) is 10.2 Å². The van der Waals surface area contributed by atoms with Gasteiger partial charge in [0.05, 0.1) is 7.11 Å². The van der Waals surface area contributed by atoms with Gasteiger partial charge in [-0.1, -0.05) is 40.2 Å². The number of nitrogens with one attached hydrogen (secondary N) is 1. The summed E-state index contributed by atoms with van der Waals surface area (Å²) in [5, 5.41) is 10.5. The third kappa shape index (κ3) is 3.62. The average Bonchev–Trinajstić information content (AvgIpc) is 3.10. The van der Waals surface area contributed by atoms with E-state index in [1.807, 2.05) is 48.5 Å². The van der Waals surface area contributed by atoms with Crippen LogP contribution in [0.25, 0.3) is 11.5 Å². The lowest BCUT2D eigenvalue weighted by atomic mass is 10.2. The van der Waals surface area contributed by atoms with Crippen molar-refractivity contribution in [1.29, 1.82) is 0 Å². The van der Waals surface area contributed by atoms with Crippen molar-refractivity contribution < 1.29 is 13.9 Å². The minimum absolute atomic E-state index is 0.0835. The number of methoxy groups -OCH3 is 1. The van der Waals surface area contributed by atoms with Crippen molar-refractivity contribution in [1.82, 2.24) is 15.5 Å². The Labute approximate surface area is 147 Å². The van der Waals surface area contributed by atoms with Crippen LogP contribution < -0.4 is 10.1 Å². The molecule has 3 rings (SSSR count). The number of carbonyl (C=O) groups is 1. The number of benzene rings is 2. The van der Waals surface area contributed by atoms with Crippen LogP contribution in [0.5, 0.6) is 5.75 Å². The van der Waals surface area contributed by atoms with E-state index in [-0.39, 0.29) is 5.89 Å². The predicted molar refractivity (Wildman–Crippen MR) is 91.6 cm³/mol. The van der Waals surface area contributed by atoms with E-state index in [4.69, 9.17) is 9.15 Å². The van der Waals surface area contributed by atoms with E-state index < -0.39 is 5.91 Å². The number of hydrogen-bond donors (Lipinski definition) is 1. The zero-order valence-corrected chi connectivity index (χ0v) is 14.4. The van der Waals surface area contributed by atoms with Crippen molar-refractivity contribution in [3.05, 3.63) is 64.5 Å². The molecule has 1 amide bonds. The van der Waals surface area contributed by atoms with E-state index in [1.165, 1.54) is 0 Å². The average molecular weight is 388 g/mol. The summed E-state index contributed by atoms with van der Waals surface area (Å²) < 4.78 is 11.6. The van der Waals surface area contributed by atoms with Gasteiger partial charge in [0.15, 0.2) is 0 Å². The van der Waals surface area contributed by atoms with E-state index in [0.717, 1.165) is 15.6 Å². The summed E-state index contributed by atoms with van der Waals surface area (Å²) in [6.07, 6.45) is 0. The molecular formula is C17H14BrN3O3. The molecule has 0 aliphatic rings. The summed E-state index contributed by atoms with van der Waals surface area (Å²) in [6, 6.07) is 14.9. The molecule has 7 heteroatoms. The minimum Gasteiger partial charge on any atom is -0.496 e. The molecule has 0 saturated heterocycles. The number of para-hydroxylation sites is 1. The van der Waals surface area contributed by atoms with Crippen LogP contribution in [-0.4, -0.2) is 23.2 Å². The largest absolute Gasteiger partial charge is 0.496 e. The van der Waals surface area contributed by atoms with Gasteiger partial charge in [-0.25, -0.2) is 0 Å². The molecule has 1 N–H and O–H groups in total. The summed E-state index contributed by atoms with van der Waals surface area (Å²) in [6.45, 7) is 0.303. The zero-order valence-electron chi connectivity index (χ0n) is 12.8. The van der Waals surface area contributed by atoms with E-state index in [9.17, 15) is 4.79 Å². The molecule has 0 unspecified atom stereocenters. The number of nitrogens with zero attached hydrogens (tertiary/aromatic N) is 2. The van der Waals surface area contributed by atoms with E-state index >= 15 is 0 Å². The van der Waals surface area contributed by atoms with Gasteiger partial charge in [-0.05, 0) is 24.3 Å². The van der Waals surface area contributed by atoms with Crippen LogP contribution in [0.3, 0.4) is 0 Å². The first-order valence-electron chi connectivity index (χ1n) is 7.17. The standard InChI is InChI=1S/C17H14BrN3O3/c1-23-14-8-3-2-5-12(14)10-19-15(22)17-21-20-16(24-17)11-6-4-7-13(18)9-11/h2-9H,10H2,1H3,(H,19,22). The summed E-state index contributed by atoms with van der Waals surface area (Å²) >= 11 is 3.38. The summed E-state index contributed by atoms with van der Waals surface area (Å²) in [5.74, 6) is 0.478. The summed E-state index contributed by atoms with van der Waals surface area (Å²) in [5.41, 5.74) is 1.60. The number of halogens is 1. The highest BCUT2D eigenvalue weighted by molar-refractivity contribution is 9.10. The Hall–Kier alpha value is -2.67. The van der Waals surface area contributed by atoms with E-state index in [0.29, 0.717) is 18.2 Å². The molecule has 1 aromatic heterocycles. The number of hydrogen-bond acceptors (Lipinski definition) is 5. The molecule has 0 aliphatic heterocycles. The van der Waals surface area contributed by atoms with Crippen LogP contribution in [0, 0.1) is 0 Å². The van der Waals surface area contributed by atoms with Crippen LogP contribution in [0.15, 0.2) is 57.4 Å². The topological polar surface area (TPSA) is 77.2 Å². The minimum atomic E-state index is -0.436. The lowest BCUT2D eigenvalue weighted by molar-refractivity contribution is 0.0916. The van der Waals surface area contributed by atoms with Crippen molar-refractivity contribution in [2.24, 2.45) is 0 Å². The molecular weight excluding hydrogens is 374 g/mol. The fraction of sp³-hybridized carbons (Fsp3) is 0.118. The normalized spacial score (nSPS) is 10.4. The Morgan fingerprint density at radius 2 is 2.04 bits per heavy atom. The molecule has 122 valence electrons. The summed E-state index contributed by atoms with van der Waals surface area (Å²) in [4.78, 5) is 12.2. The van der Waals surface area contributed by atoms with Crippen LogP contribution in [0.1, 0.15) is 16.2 Å². The maximum atomic E-state index is 12.2. The summed E-state index contributed by atoms with van der Waals surface area (Å²) in [7, 11) is 1.59. The fourth-order valence-corrected chi connectivity index (χ4v) is 2.55. The Kier molecular flexibility index (Phi) is 4.90. The molecule has 0 atom stereocenters. The molecule has 0 aliphatic carbocycles. The Balaban J connectivity index is 1.70. The molecule has 3 aromatic rings. The third-order valence-corrected chi connectivity index (χ3v) is 3.82. The van der Waals surface area contributed by atoms with Crippen molar-refractivity contribution in [2.75, 3.05) is 7.11 Å². The highest BCUT2D eigenvalue weighted by Gasteiger charge is 2.16. The molecule has 2 aromatic carbocycles. The Morgan fingerprint density at radius 3 is 2.83 bits per heavy atom. The first kappa shape index (κ1) is 16.2. The number of carbonyl (C=O) groups excluding carboxylic acids is 1. The fourth-order valence-electron chi connectivity index (χ4n) is 2.15. The molecule has 24 heavy (non-hydrogen) atoms. The molecule has 0 saturated carbocycles. The first-order valence-corrected chi connectivity index (χ1v) is 7.96. The highest BCUT2D eigenvalue weighted by Crippen LogP contribution is 2.22. The van der Waals surface area contributed by atoms with Gasteiger partial charge in [0.25, 0.3) is 0 Å². The highest BCUT2D eigenvalue weighted by atomic mass is 79.9. The van der Waals surface area contributed by atoms with Crippen LogP contribution in [0.4, 0.5) is 0 Å². The van der Waals surface area contributed by atoms with E-state index in [2.05, 4.69) is 31.4 Å². The molecule has 1 heterocycles. The maximum absolute atomic E-state index is 12.2. The Bertz CT molecular complexity index is 864. The SMILES string of the molecule is COc1ccccc1CNC(=O)c1nnc(-c2cccc(Br)c2)o1. The monoisotopic (exact) mass is 387 g/mol. The predicted octanol–water partition coefficient (Wildman–Crippen LogP) is 3.44. The van der Waals surface area contributed by atoms with Crippen LogP contribution >= 0.6 is 15.9 Å². The number of amides is 1. The number of ether oxygens (including phenoxy) is 1. The quantitative estimate of drug-likeness (QED) is 0.725. The molecule has 6 nitrogen and oxygen atoms in total. The third-order valence-electron chi connectivity index (χ3n) is 3.32. The lowest BCUT2D eigenvalue weighted by Crippen LogP contribution is -2.23. The Morgan fingerprint density at radius 1 is 1.21 bits per heavy atom. The molecule has 0 bridgehead atoms. The van der Waals surface area contributed by atoms with Crippen LogP contribution in [0.2, 0.25) is 0 Å². The lowest BCUT2D eigenvalue weighted by Gasteiger charge is -2.08. The van der Waals surface area contributed by atoms with Crippen molar-refractivity contribution in [3.8, 4) is 17.2 Å². The second-order valence-electron chi connectivity index (χ2n) is 4.92. The van der Waals surface area contributed by atoms with Crippen molar-refractivity contribution in [2.45, 2.75) is 6.54 Å². The molecule has 0 fully saturated rings. The van der Waals surface area contributed by atoms with Gasteiger partial charge in [0.1, 0.15) is 5.75 Å². The number of rotatable bonds is 5. The first-order chi connectivity index (χ1) is 11.7. The van der Waals surface area contributed by atoms with Crippen molar-refractivity contribution in [3.63, 3.8) is 0 Å². The second-order valence-corrected chi connectivity index (χ2v) is 5.83. The van der Waals surface area contributed by atoms with Gasteiger partial charge in [-0.3, -0.25) is 4.79 Å². The van der Waals surface area contributed by atoms with Gasteiger partial charge in [0, 0.05) is 22.1 Å². The van der Waals surface area contributed by atoms with Crippen molar-refractivity contribution >= 4 is 21.8 Å². The number of aromatic nitrogens is 2. The molecule has 0 radical (unpaired) electrons. The smallest absolute Gasteiger partial charge is 0.309 e. The second kappa shape index (κ2) is 7.27. The van der Waals surface area contributed by atoms with Gasteiger partial charge in [0.2, 0.25) is 5.89 Å². The van der Waals surface area contributed by atoms with E-state index in [1.54, 1.807) is 7.11 Å². The van der Waals surface area contributed by atoms with Gasteiger partial charge < -0.3 is 14.5 Å². The molecule has 0 spiro atoms. The zero-order chi connectivity index (χ0) is 16.9.